The lowest BCUT2D eigenvalue weighted by Gasteiger charge is -2.08. The third-order valence-electron chi connectivity index (χ3n) is 2.24. The predicted molar refractivity (Wildman–Crippen MR) is 69.1 cm³/mol. The third kappa shape index (κ3) is 5.17. The molecular formula is C13H16N4O2. The van der Waals surface area contributed by atoms with Crippen LogP contribution in [-0.2, 0) is 4.79 Å². The van der Waals surface area contributed by atoms with Gasteiger partial charge in [-0.3, -0.25) is 9.59 Å². The molecule has 0 saturated heterocycles. The van der Waals surface area contributed by atoms with E-state index in [-0.39, 0.29) is 18.1 Å². The number of hydrogen-bond donors (Lipinski definition) is 2. The summed E-state index contributed by atoms with van der Waals surface area (Å²) in [5.41, 5.74) is 0.557. The molecule has 0 aliphatic heterocycles. The minimum absolute atomic E-state index is 0.0900. The summed E-state index contributed by atoms with van der Waals surface area (Å²) in [6, 6.07) is 4.86. The highest BCUT2D eigenvalue weighted by atomic mass is 16.2. The van der Waals surface area contributed by atoms with Crippen LogP contribution in [0, 0.1) is 17.2 Å². The molecule has 100 valence electrons. The van der Waals surface area contributed by atoms with Crippen LogP contribution in [0.3, 0.4) is 0 Å². The Morgan fingerprint density at radius 3 is 2.63 bits per heavy atom. The number of carbonyl (C=O) groups is 2. The van der Waals surface area contributed by atoms with Gasteiger partial charge in [-0.2, -0.15) is 5.26 Å². The van der Waals surface area contributed by atoms with Crippen LogP contribution in [0.1, 0.15) is 29.9 Å². The maximum atomic E-state index is 11.7. The highest BCUT2D eigenvalue weighted by Crippen LogP contribution is 1.98. The molecule has 1 aromatic rings. The van der Waals surface area contributed by atoms with Crippen LogP contribution >= 0.6 is 0 Å². The van der Waals surface area contributed by atoms with Gasteiger partial charge in [-0.15, -0.1) is 0 Å². The molecule has 0 saturated carbocycles. The second-order valence-corrected chi connectivity index (χ2v) is 4.42. The summed E-state index contributed by atoms with van der Waals surface area (Å²) < 4.78 is 0. The Labute approximate surface area is 111 Å². The smallest absolute Gasteiger partial charge is 0.270 e. The zero-order valence-corrected chi connectivity index (χ0v) is 10.9. The van der Waals surface area contributed by atoms with Crippen molar-refractivity contribution < 1.29 is 9.59 Å². The Morgan fingerprint density at radius 1 is 1.37 bits per heavy atom. The number of hydrogen-bond acceptors (Lipinski definition) is 4. The fraction of sp³-hybridized carbons (Fsp3) is 0.385. The number of pyridine rings is 1. The molecule has 0 unspecified atom stereocenters. The molecule has 1 heterocycles. The first-order chi connectivity index (χ1) is 9.02. The number of nitriles is 1. The lowest BCUT2D eigenvalue weighted by molar-refractivity contribution is -0.120. The van der Waals surface area contributed by atoms with Gasteiger partial charge in [0.2, 0.25) is 5.91 Å². The molecule has 19 heavy (non-hydrogen) atoms. The summed E-state index contributed by atoms with van der Waals surface area (Å²) in [4.78, 5) is 26.9. The van der Waals surface area contributed by atoms with Crippen LogP contribution in [0.15, 0.2) is 18.3 Å². The quantitative estimate of drug-likeness (QED) is 0.803. The molecule has 0 atom stereocenters. The normalized spacial score (nSPS) is 9.79. The highest BCUT2D eigenvalue weighted by Gasteiger charge is 2.09. The number of amides is 2. The fourth-order valence-corrected chi connectivity index (χ4v) is 1.23. The van der Waals surface area contributed by atoms with Crippen LogP contribution in [0.25, 0.3) is 0 Å². The van der Waals surface area contributed by atoms with Gasteiger partial charge >= 0.3 is 0 Å². The van der Waals surface area contributed by atoms with E-state index in [9.17, 15) is 9.59 Å². The minimum Gasteiger partial charge on any atom is -0.354 e. The second kappa shape index (κ2) is 7.11. The molecule has 6 heteroatoms. The zero-order chi connectivity index (χ0) is 14.3. The van der Waals surface area contributed by atoms with Crippen molar-refractivity contribution in [1.82, 2.24) is 15.6 Å². The minimum atomic E-state index is -0.441. The van der Waals surface area contributed by atoms with Crippen molar-refractivity contribution in [2.24, 2.45) is 5.92 Å². The molecule has 1 aromatic heterocycles. The van der Waals surface area contributed by atoms with Gasteiger partial charge in [-0.05, 0) is 18.1 Å². The Balaban J connectivity index is 2.42. The number of nitrogens with one attached hydrogen (secondary N) is 2. The number of nitrogens with zero attached hydrogens (tertiary/aromatic N) is 2. The van der Waals surface area contributed by atoms with Crippen molar-refractivity contribution in [3.63, 3.8) is 0 Å². The standard InChI is InChI=1S/C13H16N4O2/c1-9(2)6-16-12(18)8-17-13(19)11-4-3-10(5-14)7-15-11/h3-4,7,9H,6,8H2,1-2H3,(H,16,18)(H,17,19). The molecule has 0 radical (unpaired) electrons. The van der Waals surface area contributed by atoms with Crippen molar-refractivity contribution in [3.05, 3.63) is 29.6 Å². The van der Waals surface area contributed by atoms with Gasteiger partial charge in [-0.25, -0.2) is 4.98 Å². The largest absolute Gasteiger partial charge is 0.354 e. The molecule has 0 aliphatic carbocycles. The summed E-state index contributed by atoms with van der Waals surface area (Å²) in [6.45, 7) is 4.45. The first-order valence-electron chi connectivity index (χ1n) is 5.94. The van der Waals surface area contributed by atoms with Gasteiger partial charge in [-0.1, -0.05) is 13.8 Å². The summed E-state index contributed by atoms with van der Waals surface area (Å²) in [7, 11) is 0. The maximum Gasteiger partial charge on any atom is 0.270 e. The Morgan fingerprint density at radius 2 is 2.11 bits per heavy atom. The van der Waals surface area contributed by atoms with Crippen molar-refractivity contribution in [3.8, 4) is 6.07 Å². The van der Waals surface area contributed by atoms with Crippen LogP contribution in [-0.4, -0.2) is 29.9 Å². The molecule has 0 aromatic carbocycles. The summed E-state index contributed by atoms with van der Waals surface area (Å²) in [6.07, 6.45) is 1.31. The molecule has 6 nitrogen and oxygen atoms in total. The van der Waals surface area contributed by atoms with Crippen molar-refractivity contribution in [2.45, 2.75) is 13.8 Å². The fourth-order valence-electron chi connectivity index (χ4n) is 1.23. The summed E-state index contributed by atoms with van der Waals surface area (Å²) >= 11 is 0. The van der Waals surface area contributed by atoms with E-state index < -0.39 is 5.91 Å². The van der Waals surface area contributed by atoms with E-state index in [0.717, 1.165) is 0 Å². The second-order valence-electron chi connectivity index (χ2n) is 4.42. The molecule has 2 amide bonds. The molecule has 0 spiro atoms. The van der Waals surface area contributed by atoms with E-state index in [0.29, 0.717) is 18.0 Å². The average Bonchev–Trinajstić information content (AvgIpc) is 2.42. The van der Waals surface area contributed by atoms with E-state index >= 15 is 0 Å². The highest BCUT2D eigenvalue weighted by molar-refractivity contribution is 5.94. The Kier molecular flexibility index (Phi) is 5.48. The van der Waals surface area contributed by atoms with E-state index in [1.165, 1.54) is 18.3 Å². The van der Waals surface area contributed by atoms with Gasteiger partial charge < -0.3 is 10.6 Å². The lowest BCUT2D eigenvalue weighted by Crippen LogP contribution is -2.38. The van der Waals surface area contributed by atoms with E-state index in [2.05, 4.69) is 15.6 Å². The monoisotopic (exact) mass is 260 g/mol. The number of rotatable bonds is 5. The van der Waals surface area contributed by atoms with Gasteiger partial charge in [0.15, 0.2) is 0 Å². The SMILES string of the molecule is CC(C)CNC(=O)CNC(=O)c1ccc(C#N)cn1. The Bertz CT molecular complexity index is 488. The molecule has 0 aliphatic rings. The van der Waals surface area contributed by atoms with Crippen LogP contribution in [0.2, 0.25) is 0 Å². The first kappa shape index (κ1) is 14.6. The van der Waals surface area contributed by atoms with Crippen molar-refractivity contribution >= 4 is 11.8 Å². The lowest BCUT2D eigenvalue weighted by atomic mass is 10.2. The van der Waals surface area contributed by atoms with Crippen LogP contribution in [0.5, 0.6) is 0 Å². The van der Waals surface area contributed by atoms with Crippen molar-refractivity contribution in [2.75, 3.05) is 13.1 Å². The first-order valence-corrected chi connectivity index (χ1v) is 5.94. The molecule has 2 N–H and O–H groups in total. The summed E-state index contributed by atoms with van der Waals surface area (Å²) in [5.74, 6) is -0.320. The Hall–Kier alpha value is -2.42. The molecule has 1 rings (SSSR count). The van der Waals surface area contributed by atoms with E-state index in [1.807, 2.05) is 19.9 Å². The maximum absolute atomic E-state index is 11.7. The van der Waals surface area contributed by atoms with Gasteiger partial charge in [0.05, 0.1) is 12.1 Å². The number of aromatic nitrogens is 1. The summed E-state index contributed by atoms with van der Waals surface area (Å²) in [5, 5.41) is 13.8. The topological polar surface area (TPSA) is 94.9 Å². The van der Waals surface area contributed by atoms with Crippen molar-refractivity contribution in [1.29, 1.82) is 5.26 Å². The van der Waals surface area contributed by atoms with Crippen LogP contribution in [0.4, 0.5) is 0 Å². The third-order valence-corrected chi connectivity index (χ3v) is 2.24. The molecular weight excluding hydrogens is 244 g/mol. The number of carbonyl (C=O) groups excluding carboxylic acids is 2. The van der Waals surface area contributed by atoms with Crippen LogP contribution < -0.4 is 10.6 Å². The predicted octanol–water partition coefficient (Wildman–Crippen LogP) is 0.455. The molecule has 0 fully saturated rings. The average molecular weight is 260 g/mol. The van der Waals surface area contributed by atoms with E-state index in [1.54, 1.807) is 0 Å². The zero-order valence-electron chi connectivity index (χ0n) is 10.9. The van der Waals surface area contributed by atoms with Gasteiger partial charge in [0.25, 0.3) is 5.91 Å². The van der Waals surface area contributed by atoms with Gasteiger partial charge in [0, 0.05) is 12.7 Å². The van der Waals surface area contributed by atoms with E-state index in [4.69, 9.17) is 5.26 Å². The van der Waals surface area contributed by atoms with Gasteiger partial charge in [0.1, 0.15) is 11.8 Å². The molecule has 0 bridgehead atoms.